The fourth-order valence-electron chi connectivity index (χ4n) is 2.36. The van der Waals surface area contributed by atoms with Crippen LogP contribution >= 0.6 is 11.6 Å². The van der Waals surface area contributed by atoms with E-state index in [9.17, 15) is 5.11 Å². The number of rotatable bonds is 5. The van der Waals surface area contributed by atoms with Gasteiger partial charge >= 0.3 is 0 Å². The van der Waals surface area contributed by atoms with Gasteiger partial charge in [0, 0.05) is 29.8 Å². The van der Waals surface area contributed by atoms with Gasteiger partial charge in [-0.15, -0.1) is 0 Å². The fraction of sp³-hybridized carbons (Fsp3) is 0.200. The van der Waals surface area contributed by atoms with E-state index in [-0.39, 0.29) is 0 Å². The monoisotopic (exact) mass is 302 g/mol. The highest BCUT2D eigenvalue weighted by atomic mass is 35.5. The Labute approximate surface area is 127 Å². The Morgan fingerprint density at radius 1 is 0.952 bits per heavy atom. The lowest BCUT2D eigenvalue weighted by molar-refractivity contribution is 0.000951. The highest BCUT2D eigenvalue weighted by Gasteiger charge is 2.30. The molecule has 108 valence electrons. The van der Waals surface area contributed by atoms with Crippen molar-refractivity contribution in [1.29, 1.82) is 0 Å². The van der Waals surface area contributed by atoms with Crippen LogP contribution in [0.3, 0.4) is 0 Å². The van der Waals surface area contributed by atoms with Crippen LogP contribution in [-0.4, -0.2) is 24.2 Å². The van der Waals surface area contributed by atoms with Gasteiger partial charge in [-0.1, -0.05) is 23.7 Å². The average Bonchev–Trinajstić information content (AvgIpc) is 3.13. The highest BCUT2D eigenvalue weighted by molar-refractivity contribution is 6.30. The number of aromatic nitrogens is 4. The Kier molecular flexibility index (Phi) is 3.77. The number of halogens is 1. The van der Waals surface area contributed by atoms with E-state index in [4.69, 9.17) is 11.6 Å². The van der Waals surface area contributed by atoms with Gasteiger partial charge in [0.15, 0.2) is 0 Å². The number of nitrogens with zero attached hydrogens (tertiary/aromatic N) is 4. The van der Waals surface area contributed by atoms with Crippen LogP contribution < -0.4 is 0 Å². The largest absolute Gasteiger partial charge is 0.381 e. The van der Waals surface area contributed by atoms with Crippen LogP contribution in [0.25, 0.3) is 0 Å². The van der Waals surface area contributed by atoms with Crippen LogP contribution in [-0.2, 0) is 18.7 Å². The molecule has 2 aromatic heterocycles. The molecule has 0 bridgehead atoms. The average molecular weight is 303 g/mol. The lowest BCUT2D eigenvalue weighted by Crippen LogP contribution is -2.35. The predicted molar refractivity (Wildman–Crippen MR) is 79.8 cm³/mol. The van der Waals surface area contributed by atoms with Gasteiger partial charge in [-0.3, -0.25) is 0 Å². The molecule has 0 unspecified atom stereocenters. The number of hydrogen-bond donors (Lipinski definition) is 1. The molecule has 2 heterocycles. The number of aliphatic hydroxyl groups is 1. The van der Waals surface area contributed by atoms with Gasteiger partial charge in [-0.05, 0) is 17.7 Å². The van der Waals surface area contributed by atoms with Gasteiger partial charge in [-0.2, -0.15) is 0 Å². The number of hydrogen-bond acceptors (Lipinski definition) is 3. The molecule has 0 radical (unpaired) electrons. The third-order valence-corrected chi connectivity index (χ3v) is 3.64. The summed E-state index contributed by atoms with van der Waals surface area (Å²) in [5, 5.41) is 11.8. The molecule has 5 nitrogen and oxygen atoms in total. The Hall–Kier alpha value is -2.11. The smallest absolute Gasteiger partial charge is 0.125 e. The van der Waals surface area contributed by atoms with Crippen LogP contribution in [0.15, 0.2) is 61.7 Å². The summed E-state index contributed by atoms with van der Waals surface area (Å²) in [6.45, 7) is 0.791. The quantitative estimate of drug-likeness (QED) is 0.787. The van der Waals surface area contributed by atoms with Gasteiger partial charge in [0.2, 0.25) is 0 Å². The van der Waals surface area contributed by atoms with Gasteiger partial charge in [0.05, 0.1) is 25.7 Å². The second-order valence-electron chi connectivity index (χ2n) is 5.01. The zero-order chi connectivity index (χ0) is 14.7. The summed E-state index contributed by atoms with van der Waals surface area (Å²) in [6, 6.07) is 7.25. The van der Waals surface area contributed by atoms with E-state index >= 15 is 0 Å². The third-order valence-electron chi connectivity index (χ3n) is 3.39. The maximum absolute atomic E-state index is 11.2. The van der Waals surface area contributed by atoms with Crippen molar-refractivity contribution in [3.8, 4) is 0 Å². The summed E-state index contributed by atoms with van der Waals surface area (Å²) in [4.78, 5) is 8.05. The molecule has 0 fully saturated rings. The lowest BCUT2D eigenvalue weighted by atomic mass is 9.93. The van der Waals surface area contributed by atoms with Crippen molar-refractivity contribution in [1.82, 2.24) is 19.1 Å². The van der Waals surface area contributed by atoms with Gasteiger partial charge in [-0.25, -0.2) is 9.97 Å². The first-order chi connectivity index (χ1) is 10.2. The van der Waals surface area contributed by atoms with Crippen LogP contribution in [0.1, 0.15) is 5.56 Å². The van der Waals surface area contributed by atoms with Crippen molar-refractivity contribution in [2.75, 3.05) is 0 Å². The first kappa shape index (κ1) is 13.9. The van der Waals surface area contributed by atoms with Crippen LogP contribution in [0.4, 0.5) is 0 Å². The minimum atomic E-state index is -1.08. The molecule has 0 aliphatic rings. The van der Waals surface area contributed by atoms with Gasteiger partial charge < -0.3 is 14.2 Å². The van der Waals surface area contributed by atoms with E-state index in [2.05, 4.69) is 9.97 Å². The standard InChI is InChI=1S/C15H15ClN4O/c16-14-3-1-13(2-4-14)15(21,9-19-7-5-17-11-19)10-20-8-6-18-12-20/h1-8,11-12,21H,9-10H2. The zero-order valence-corrected chi connectivity index (χ0v) is 12.1. The Morgan fingerprint density at radius 2 is 1.48 bits per heavy atom. The number of benzene rings is 1. The first-order valence-corrected chi connectivity index (χ1v) is 6.93. The second-order valence-corrected chi connectivity index (χ2v) is 5.44. The van der Waals surface area contributed by atoms with E-state index in [1.54, 1.807) is 37.2 Å². The van der Waals surface area contributed by atoms with Crippen molar-refractivity contribution in [3.63, 3.8) is 0 Å². The SMILES string of the molecule is OC(Cn1ccnc1)(Cn1ccnc1)c1ccc(Cl)cc1. The maximum Gasteiger partial charge on any atom is 0.125 e. The molecule has 0 saturated heterocycles. The summed E-state index contributed by atoms with van der Waals surface area (Å²) in [7, 11) is 0. The molecule has 0 spiro atoms. The minimum absolute atomic E-state index is 0.396. The summed E-state index contributed by atoms with van der Waals surface area (Å²) in [5.74, 6) is 0. The molecule has 0 saturated carbocycles. The van der Waals surface area contributed by atoms with Crippen molar-refractivity contribution in [3.05, 3.63) is 72.3 Å². The highest BCUT2D eigenvalue weighted by Crippen LogP contribution is 2.27. The molecular formula is C15H15ClN4O. The summed E-state index contributed by atoms with van der Waals surface area (Å²) < 4.78 is 3.71. The van der Waals surface area contributed by atoms with E-state index in [0.29, 0.717) is 18.1 Å². The van der Waals surface area contributed by atoms with Crippen molar-refractivity contribution in [2.24, 2.45) is 0 Å². The maximum atomic E-state index is 11.2. The second kappa shape index (κ2) is 5.71. The molecule has 0 aliphatic carbocycles. The first-order valence-electron chi connectivity index (χ1n) is 6.56. The molecule has 6 heteroatoms. The third kappa shape index (κ3) is 3.15. The molecule has 1 N–H and O–H groups in total. The Balaban J connectivity index is 1.94. The van der Waals surface area contributed by atoms with Crippen LogP contribution in [0.2, 0.25) is 5.02 Å². The molecule has 0 amide bonds. The van der Waals surface area contributed by atoms with E-state index in [1.165, 1.54) is 0 Å². The van der Waals surface area contributed by atoms with Gasteiger partial charge in [0.1, 0.15) is 5.60 Å². The Bertz CT molecular complexity index is 641. The summed E-state index contributed by atoms with van der Waals surface area (Å²) in [5.41, 5.74) is -0.277. The molecule has 3 rings (SSSR count). The van der Waals surface area contributed by atoms with Crippen molar-refractivity contribution >= 4 is 11.6 Å². The van der Waals surface area contributed by atoms with E-state index in [1.807, 2.05) is 33.7 Å². The Morgan fingerprint density at radius 3 is 1.90 bits per heavy atom. The van der Waals surface area contributed by atoms with Crippen molar-refractivity contribution in [2.45, 2.75) is 18.7 Å². The fourth-order valence-corrected chi connectivity index (χ4v) is 2.48. The number of imidazole rings is 2. The van der Waals surface area contributed by atoms with Crippen LogP contribution in [0, 0.1) is 0 Å². The topological polar surface area (TPSA) is 55.9 Å². The molecular weight excluding hydrogens is 288 g/mol. The zero-order valence-electron chi connectivity index (χ0n) is 11.3. The van der Waals surface area contributed by atoms with Crippen molar-refractivity contribution < 1.29 is 5.11 Å². The summed E-state index contributed by atoms with van der Waals surface area (Å²) >= 11 is 5.94. The van der Waals surface area contributed by atoms with E-state index < -0.39 is 5.60 Å². The summed E-state index contributed by atoms with van der Waals surface area (Å²) in [6.07, 6.45) is 10.4. The molecule has 1 aromatic carbocycles. The predicted octanol–water partition coefficient (Wildman–Crippen LogP) is 2.32. The lowest BCUT2D eigenvalue weighted by Gasteiger charge is -2.29. The molecule has 0 atom stereocenters. The minimum Gasteiger partial charge on any atom is -0.381 e. The molecule has 21 heavy (non-hydrogen) atoms. The normalized spacial score (nSPS) is 11.7. The van der Waals surface area contributed by atoms with Gasteiger partial charge in [0.25, 0.3) is 0 Å². The molecule has 3 aromatic rings. The van der Waals surface area contributed by atoms with E-state index in [0.717, 1.165) is 5.56 Å². The molecule has 0 aliphatic heterocycles. The van der Waals surface area contributed by atoms with Crippen LogP contribution in [0.5, 0.6) is 0 Å².